The van der Waals surface area contributed by atoms with Crippen LogP contribution in [0, 0.1) is 0 Å². The molecule has 1 aromatic rings. The number of rotatable bonds is 6. The summed E-state index contributed by atoms with van der Waals surface area (Å²) < 4.78 is 6.10. The second-order valence-corrected chi connectivity index (χ2v) is 6.89. The van der Waals surface area contributed by atoms with Crippen LogP contribution < -0.4 is 10.1 Å². The lowest BCUT2D eigenvalue weighted by Gasteiger charge is -2.25. The van der Waals surface area contributed by atoms with Crippen LogP contribution >= 0.6 is 11.6 Å². The van der Waals surface area contributed by atoms with E-state index in [4.69, 9.17) is 16.3 Å². The molecule has 1 N–H and O–H groups in total. The molecule has 0 amide bonds. The summed E-state index contributed by atoms with van der Waals surface area (Å²) in [6.07, 6.45) is 6.18. The number of hydrogen-bond acceptors (Lipinski definition) is 3. The van der Waals surface area contributed by atoms with Gasteiger partial charge in [-0.2, -0.15) is 0 Å². The van der Waals surface area contributed by atoms with Crippen molar-refractivity contribution in [2.45, 2.75) is 38.0 Å². The quantitative estimate of drug-likeness (QED) is 0.809. The van der Waals surface area contributed by atoms with E-state index in [2.05, 4.69) is 16.3 Å². The summed E-state index contributed by atoms with van der Waals surface area (Å²) in [5.41, 5.74) is 1.34. The molecule has 0 aliphatic carbocycles. The molecule has 22 heavy (non-hydrogen) atoms. The highest BCUT2D eigenvalue weighted by Crippen LogP contribution is 2.34. The SMILES string of the molecule is Clc1ccc(C2CCNCC2)c(OCCCN2CCCC2)c1. The largest absolute Gasteiger partial charge is 0.493 e. The Kier molecular flexibility index (Phi) is 5.99. The maximum Gasteiger partial charge on any atom is 0.124 e. The second-order valence-electron chi connectivity index (χ2n) is 6.46. The van der Waals surface area contributed by atoms with E-state index in [0.717, 1.165) is 43.4 Å². The minimum Gasteiger partial charge on any atom is -0.493 e. The van der Waals surface area contributed by atoms with Gasteiger partial charge < -0.3 is 15.0 Å². The van der Waals surface area contributed by atoms with Gasteiger partial charge in [0.1, 0.15) is 5.75 Å². The van der Waals surface area contributed by atoms with Gasteiger partial charge in [-0.1, -0.05) is 17.7 Å². The minimum absolute atomic E-state index is 0.604. The molecule has 3 nitrogen and oxygen atoms in total. The van der Waals surface area contributed by atoms with E-state index < -0.39 is 0 Å². The first-order valence-electron chi connectivity index (χ1n) is 8.68. The molecule has 2 fully saturated rings. The molecule has 4 heteroatoms. The molecule has 0 radical (unpaired) electrons. The van der Waals surface area contributed by atoms with Crippen molar-refractivity contribution in [3.8, 4) is 5.75 Å². The third kappa shape index (κ3) is 4.37. The van der Waals surface area contributed by atoms with E-state index in [1.807, 2.05) is 12.1 Å². The van der Waals surface area contributed by atoms with Gasteiger partial charge in [0.25, 0.3) is 0 Å². The highest BCUT2D eigenvalue weighted by atomic mass is 35.5. The van der Waals surface area contributed by atoms with Crippen LogP contribution in [0.1, 0.15) is 43.6 Å². The van der Waals surface area contributed by atoms with E-state index in [1.165, 1.54) is 44.3 Å². The zero-order chi connectivity index (χ0) is 15.2. The first kappa shape index (κ1) is 16.1. The molecule has 2 heterocycles. The van der Waals surface area contributed by atoms with Crippen molar-refractivity contribution in [3.05, 3.63) is 28.8 Å². The second kappa shape index (κ2) is 8.19. The molecule has 1 aromatic carbocycles. The van der Waals surface area contributed by atoms with Crippen LogP contribution in [0.25, 0.3) is 0 Å². The molecule has 122 valence electrons. The lowest BCUT2D eigenvalue weighted by Crippen LogP contribution is -2.27. The van der Waals surface area contributed by atoms with Crippen molar-refractivity contribution in [2.75, 3.05) is 39.3 Å². The Morgan fingerprint density at radius 3 is 2.73 bits per heavy atom. The zero-order valence-corrected chi connectivity index (χ0v) is 14.1. The smallest absolute Gasteiger partial charge is 0.124 e. The van der Waals surface area contributed by atoms with Crippen molar-refractivity contribution in [3.63, 3.8) is 0 Å². The maximum absolute atomic E-state index is 6.17. The summed E-state index contributed by atoms with van der Waals surface area (Å²) in [6, 6.07) is 6.15. The van der Waals surface area contributed by atoms with E-state index in [9.17, 15) is 0 Å². The molecule has 0 atom stereocenters. The average molecular weight is 323 g/mol. The van der Waals surface area contributed by atoms with E-state index in [-0.39, 0.29) is 0 Å². The Balaban J connectivity index is 1.55. The molecular weight excluding hydrogens is 296 g/mol. The van der Waals surface area contributed by atoms with Crippen molar-refractivity contribution in [2.24, 2.45) is 0 Å². The van der Waals surface area contributed by atoms with Gasteiger partial charge >= 0.3 is 0 Å². The van der Waals surface area contributed by atoms with Gasteiger partial charge in [-0.25, -0.2) is 0 Å². The predicted octanol–water partition coefficient (Wildman–Crippen LogP) is 3.67. The summed E-state index contributed by atoms with van der Waals surface area (Å²) in [7, 11) is 0. The fraction of sp³-hybridized carbons (Fsp3) is 0.667. The first-order chi connectivity index (χ1) is 10.8. The van der Waals surface area contributed by atoms with E-state index in [1.54, 1.807) is 0 Å². The minimum atomic E-state index is 0.604. The number of ether oxygens (including phenoxy) is 1. The lowest BCUT2D eigenvalue weighted by molar-refractivity contribution is 0.260. The summed E-state index contributed by atoms with van der Waals surface area (Å²) in [6.45, 7) is 6.66. The number of nitrogens with zero attached hydrogens (tertiary/aromatic N) is 1. The highest BCUT2D eigenvalue weighted by molar-refractivity contribution is 6.30. The molecule has 0 aromatic heterocycles. The van der Waals surface area contributed by atoms with Gasteiger partial charge in [-0.15, -0.1) is 0 Å². The third-order valence-electron chi connectivity index (χ3n) is 4.83. The number of nitrogens with one attached hydrogen (secondary N) is 1. The van der Waals surface area contributed by atoms with Crippen molar-refractivity contribution < 1.29 is 4.74 Å². The van der Waals surface area contributed by atoms with Crippen LogP contribution in [-0.4, -0.2) is 44.2 Å². The van der Waals surface area contributed by atoms with Crippen LogP contribution in [0.2, 0.25) is 5.02 Å². The monoisotopic (exact) mass is 322 g/mol. The van der Waals surface area contributed by atoms with Crippen molar-refractivity contribution >= 4 is 11.6 Å². The molecule has 0 spiro atoms. The molecule has 3 rings (SSSR count). The number of hydrogen-bond donors (Lipinski definition) is 1. The average Bonchev–Trinajstić information content (AvgIpc) is 3.06. The molecule has 0 saturated carbocycles. The summed E-state index contributed by atoms with van der Waals surface area (Å²) in [5, 5.41) is 4.20. The van der Waals surface area contributed by atoms with E-state index in [0.29, 0.717) is 5.92 Å². The highest BCUT2D eigenvalue weighted by Gasteiger charge is 2.19. The Hall–Kier alpha value is -0.770. The molecule has 2 aliphatic rings. The third-order valence-corrected chi connectivity index (χ3v) is 5.06. The van der Waals surface area contributed by atoms with Crippen LogP contribution in [0.3, 0.4) is 0 Å². The van der Waals surface area contributed by atoms with Gasteiger partial charge in [0.2, 0.25) is 0 Å². The van der Waals surface area contributed by atoms with Crippen LogP contribution in [0.15, 0.2) is 18.2 Å². The maximum atomic E-state index is 6.17. The molecule has 2 saturated heterocycles. The molecular formula is C18H27ClN2O. The number of benzene rings is 1. The van der Waals surface area contributed by atoms with Crippen molar-refractivity contribution in [1.29, 1.82) is 0 Å². The van der Waals surface area contributed by atoms with Gasteiger partial charge in [-0.05, 0) is 81.9 Å². The Morgan fingerprint density at radius 2 is 1.95 bits per heavy atom. The zero-order valence-electron chi connectivity index (χ0n) is 13.3. The standard InChI is InChI=1S/C18H27ClN2O/c19-16-4-5-17(15-6-8-20-9-7-15)18(14-16)22-13-3-12-21-10-1-2-11-21/h4-5,14-15,20H,1-3,6-13H2. The normalized spacial score (nSPS) is 20.4. The van der Waals surface area contributed by atoms with Gasteiger partial charge in [-0.3, -0.25) is 0 Å². The number of piperidine rings is 1. The van der Waals surface area contributed by atoms with Crippen molar-refractivity contribution in [1.82, 2.24) is 10.2 Å². The number of likely N-dealkylation sites (tertiary alicyclic amines) is 1. The molecule has 0 unspecified atom stereocenters. The Bertz CT molecular complexity index is 468. The van der Waals surface area contributed by atoms with Crippen LogP contribution in [0.4, 0.5) is 0 Å². The fourth-order valence-electron chi connectivity index (χ4n) is 3.58. The topological polar surface area (TPSA) is 24.5 Å². The molecule has 2 aliphatic heterocycles. The van der Waals surface area contributed by atoms with Gasteiger partial charge in [0, 0.05) is 11.6 Å². The Labute approximate surface area is 139 Å². The first-order valence-corrected chi connectivity index (χ1v) is 9.06. The van der Waals surface area contributed by atoms with Crippen LogP contribution in [-0.2, 0) is 0 Å². The van der Waals surface area contributed by atoms with Gasteiger partial charge in [0.15, 0.2) is 0 Å². The number of halogens is 1. The summed E-state index contributed by atoms with van der Waals surface area (Å²) in [4.78, 5) is 2.54. The Morgan fingerprint density at radius 1 is 1.18 bits per heavy atom. The molecule has 0 bridgehead atoms. The lowest BCUT2D eigenvalue weighted by atomic mass is 9.89. The summed E-state index contributed by atoms with van der Waals surface area (Å²) in [5.74, 6) is 1.60. The summed E-state index contributed by atoms with van der Waals surface area (Å²) >= 11 is 6.17. The van der Waals surface area contributed by atoms with Gasteiger partial charge in [0.05, 0.1) is 6.61 Å². The van der Waals surface area contributed by atoms with E-state index >= 15 is 0 Å². The van der Waals surface area contributed by atoms with Crippen LogP contribution in [0.5, 0.6) is 5.75 Å². The predicted molar refractivity (Wildman–Crippen MR) is 92.1 cm³/mol. The fourth-order valence-corrected chi connectivity index (χ4v) is 3.74.